The van der Waals surface area contributed by atoms with Crippen LogP contribution in [0.2, 0.25) is 0 Å². The number of methoxy groups -OCH3 is 1. The number of hydrogen-bond acceptors (Lipinski definition) is 11. The third kappa shape index (κ3) is 4.75. The molecule has 0 fully saturated rings. The molecule has 3 heterocycles. The summed E-state index contributed by atoms with van der Waals surface area (Å²) in [6.45, 7) is 0. The summed E-state index contributed by atoms with van der Waals surface area (Å²) in [5.74, 6) is 0.471. The molecule has 3 N–H and O–H groups in total. The highest BCUT2D eigenvalue weighted by Gasteiger charge is 2.19. The van der Waals surface area contributed by atoms with Crippen LogP contribution < -0.4 is 20.7 Å². The Labute approximate surface area is 172 Å². The second-order valence-corrected chi connectivity index (χ2v) is 7.89. The maximum absolute atomic E-state index is 12.2. The van der Waals surface area contributed by atoms with Crippen molar-refractivity contribution >= 4 is 38.9 Å². The standard InChI is InChI=1S/C17H18N8O4S/c1-18-17(26)15-10(20-16-11(30(3,27)28)5-4-8-19-16)9-13(23-25-15)21-12-6-7-14(29-2)24-22-12/h4-9H,1-3H3,(H,18,26)(H2,19,20,21,22,23). The SMILES string of the molecule is CNC(=O)c1nnc(Nc2ccc(OC)nn2)cc1Nc1ncccc1S(C)(=O)=O. The van der Waals surface area contributed by atoms with E-state index in [1.807, 2.05) is 0 Å². The van der Waals surface area contributed by atoms with E-state index < -0.39 is 15.7 Å². The van der Waals surface area contributed by atoms with Crippen molar-refractivity contribution in [1.82, 2.24) is 30.7 Å². The quantitative estimate of drug-likeness (QED) is 0.489. The van der Waals surface area contributed by atoms with Crippen LogP contribution in [0.3, 0.4) is 0 Å². The molecule has 30 heavy (non-hydrogen) atoms. The summed E-state index contributed by atoms with van der Waals surface area (Å²) in [4.78, 5) is 16.2. The zero-order valence-corrected chi connectivity index (χ0v) is 17.1. The zero-order valence-electron chi connectivity index (χ0n) is 16.2. The summed E-state index contributed by atoms with van der Waals surface area (Å²) in [6, 6.07) is 7.61. The summed E-state index contributed by atoms with van der Waals surface area (Å²) < 4.78 is 29.1. The average Bonchev–Trinajstić information content (AvgIpc) is 2.73. The molecule has 0 saturated carbocycles. The Morgan fingerprint density at radius 2 is 1.80 bits per heavy atom. The molecule has 0 aliphatic carbocycles. The van der Waals surface area contributed by atoms with Gasteiger partial charge in [-0.05, 0) is 18.2 Å². The number of sulfone groups is 1. The molecule has 0 atom stereocenters. The number of hydrogen-bond donors (Lipinski definition) is 3. The van der Waals surface area contributed by atoms with Gasteiger partial charge in [0, 0.05) is 31.6 Å². The van der Waals surface area contributed by atoms with Gasteiger partial charge >= 0.3 is 0 Å². The first-order valence-corrected chi connectivity index (χ1v) is 10.4. The molecule has 156 valence electrons. The molecule has 0 radical (unpaired) electrons. The van der Waals surface area contributed by atoms with E-state index in [4.69, 9.17) is 4.74 Å². The zero-order chi connectivity index (χ0) is 21.7. The van der Waals surface area contributed by atoms with Crippen molar-refractivity contribution in [3.8, 4) is 5.88 Å². The fourth-order valence-corrected chi connectivity index (χ4v) is 3.15. The molecular weight excluding hydrogens is 412 g/mol. The van der Waals surface area contributed by atoms with Gasteiger partial charge in [-0.1, -0.05) is 0 Å². The van der Waals surface area contributed by atoms with Gasteiger partial charge in [-0.25, -0.2) is 13.4 Å². The summed E-state index contributed by atoms with van der Waals surface area (Å²) >= 11 is 0. The van der Waals surface area contributed by atoms with Crippen molar-refractivity contribution in [1.29, 1.82) is 0 Å². The third-order valence-electron chi connectivity index (χ3n) is 3.76. The van der Waals surface area contributed by atoms with Crippen molar-refractivity contribution < 1.29 is 17.9 Å². The number of nitrogens with zero attached hydrogens (tertiary/aromatic N) is 5. The molecular formula is C17H18N8O4S. The van der Waals surface area contributed by atoms with Crippen LogP contribution in [0.1, 0.15) is 10.5 Å². The number of nitrogens with one attached hydrogen (secondary N) is 3. The average molecular weight is 430 g/mol. The summed E-state index contributed by atoms with van der Waals surface area (Å²) in [7, 11) is -0.652. The number of amides is 1. The number of aromatic nitrogens is 5. The molecule has 3 rings (SSSR count). The Bertz CT molecular complexity index is 1170. The van der Waals surface area contributed by atoms with E-state index in [0.29, 0.717) is 11.7 Å². The van der Waals surface area contributed by atoms with Gasteiger partial charge in [0.25, 0.3) is 5.91 Å². The van der Waals surface area contributed by atoms with Gasteiger partial charge in [-0.15, -0.1) is 20.4 Å². The molecule has 3 aromatic heterocycles. The lowest BCUT2D eigenvalue weighted by atomic mass is 10.3. The molecule has 1 amide bonds. The van der Waals surface area contributed by atoms with Crippen LogP contribution in [0.15, 0.2) is 41.4 Å². The van der Waals surface area contributed by atoms with Crippen LogP contribution >= 0.6 is 0 Å². The van der Waals surface area contributed by atoms with Gasteiger partial charge in [0.05, 0.1) is 12.8 Å². The highest BCUT2D eigenvalue weighted by Crippen LogP contribution is 2.26. The minimum absolute atomic E-state index is 0.0276. The summed E-state index contributed by atoms with van der Waals surface area (Å²) in [6.07, 6.45) is 2.49. The van der Waals surface area contributed by atoms with E-state index in [-0.39, 0.29) is 27.9 Å². The van der Waals surface area contributed by atoms with Crippen molar-refractivity contribution in [3.63, 3.8) is 0 Å². The molecule has 12 nitrogen and oxygen atoms in total. The van der Waals surface area contributed by atoms with Gasteiger partial charge in [-0.3, -0.25) is 4.79 Å². The second kappa shape index (κ2) is 8.65. The first kappa shape index (κ1) is 20.9. The molecule has 0 bridgehead atoms. The van der Waals surface area contributed by atoms with E-state index in [1.54, 1.807) is 12.1 Å². The first-order valence-electron chi connectivity index (χ1n) is 8.48. The van der Waals surface area contributed by atoms with Gasteiger partial charge < -0.3 is 20.7 Å². The molecule has 0 aromatic carbocycles. The van der Waals surface area contributed by atoms with Gasteiger partial charge in [-0.2, -0.15) is 0 Å². The van der Waals surface area contributed by atoms with E-state index >= 15 is 0 Å². The molecule has 3 aromatic rings. The molecule has 0 unspecified atom stereocenters. The second-order valence-electron chi connectivity index (χ2n) is 5.90. The van der Waals surface area contributed by atoms with E-state index in [2.05, 4.69) is 41.3 Å². The number of anilines is 4. The lowest BCUT2D eigenvalue weighted by Crippen LogP contribution is -2.22. The fraction of sp³-hybridized carbons (Fsp3) is 0.176. The predicted molar refractivity (Wildman–Crippen MR) is 108 cm³/mol. The van der Waals surface area contributed by atoms with E-state index in [9.17, 15) is 13.2 Å². The lowest BCUT2D eigenvalue weighted by molar-refractivity contribution is 0.0958. The van der Waals surface area contributed by atoms with Crippen LogP contribution in [-0.2, 0) is 9.84 Å². The Hall–Kier alpha value is -3.87. The number of carbonyl (C=O) groups is 1. The fourth-order valence-electron chi connectivity index (χ4n) is 2.37. The van der Waals surface area contributed by atoms with Gasteiger partial charge in [0.15, 0.2) is 27.2 Å². The molecule has 0 saturated heterocycles. The van der Waals surface area contributed by atoms with Crippen LogP contribution in [-0.4, -0.2) is 60.1 Å². The minimum atomic E-state index is -3.56. The van der Waals surface area contributed by atoms with Crippen molar-refractivity contribution in [3.05, 3.63) is 42.2 Å². The Morgan fingerprint density at radius 3 is 2.43 bits per heavy atom. The number of ether oxygens (including phenoxy) is 1. The predicted octanol–water partition coefficient (Wildman–Crippen LogP) is 0.920. The summed E-state index contributed by atoms with van der Waals surface area (Å²) in [5.41, 5.74) is 0.144. The first-order chi connectivity index (χ1) is 14.3. The third-order valence-corrected chi connectivity index (χ3v) is 4.89. The van der Waals surface area contributed by atoms with E-state index in [1.165, 1.54) is 38.6 Å². The van der Waals surface area contributed by atoms with Crippen LogP contribution in [0.25, 0.3) is 0 Å². The van der Waals surface area contributed by atoms with Gasteiger partial charge in [0.1, 0.15) is 10.7 Å². The Kier molecular flexibility index (Phi) is 6.01. The largest absolute Gasteiger partial charge is 0.480 e. The lowest BCUT2D eigenvalue weighted by Gasteiger charge is -2.13. The molecule has 0 aliphatic heterocycles. The molecule has 0 aliphatic rings. The number of pyridine rings is 1. The maximum Gasteiger partial charge on any atom is 0.273 e. The van der Waals surface area contributed by atoms with Crippen molar-refractivity contribution in [2.75, 3.05) is 31.0 Å². The van der Waals surface area contributed by atoms with Crippen LogP contribution in [0, 0.1) is 0 Å². The highest BCUT2D eigenvalue weighted by atomic mass is 32.2. The monoisotopic (exact) mass is 430 g/mol. The van der Waals surface area contributed by atoms with Crippen molar-refractivity contribution in [2.45, 2.75) is 4.90 Å². The molecule has 0 spiro atoms. The smallest absolute Gasteiger partial charge is 0.273 e. The Morgan fingerprint density at radius 1 is 1.03 bits per heavy atom. The Balaban J connectivity index is 1.99. The van der Waals surface area contributed by atoms with Crippen LogP contribution in [0.4, 0.5) is 23.1 Å². The minimum Gasteiger partial charge on any atom is -0.480 e. The topological polar surface area (TPSA) is 161 Å². The van der Waals surface area contributed by atoms with Crippen LogP contribution in [0.5, 0.6) is 5.88 Å². The van der Waals surface area contributed by atoms with Crippen molar-refractivity contribution in [2.24, 2.45) is 0 Å². The molecule has 13 heteroatoms. The highest BCUT2D eigenvalue weighted by molar-refractivity contribution is 7.90. The maximum atomic E-state index is 12.2. The van der Waals surface area contributed by atoms with E-state index in [0.717, 1.165) is 6.26 Å². The number of rotatable bonds is 7. The normalized spacial score (nSPS) is 10.9. The number of carbonyl (C=O) groups excluding carboxylic acids is 1. The summed E-state index contributed by atoms with van der Waals surface area (Å²) in [5, 5.41) is 23.9. The van der Waals surface area contributed by atoms with Gasteiger partial charge in [0.2, 0.25) is 5.88 Å².